The predicted octanol–water partition coefficient (Wildman–Crippen LogP) is 2.28. The number of hydrogen-bond donors (Lipinski definition) is 0. The molecule has 25 heavy (non-hydrogen) atoms. The molecule has 124 valence electrons. The summed E-state index contributed by atoms with van der Waals surface area (Å²) in [5.74, 6) is 1.15. The number of rotatable bonds is 2. The van der Waals surface area contributed by atoms with E-state index in [1.54, 1.807) is 30.3 Å². The van der Waals surface area contributed by atoms with Gasteiger partial charge in [-0.05, 0) is 31.2 Å². The lowest BCUT2D eigenvalue weighted by molar-refractivity contribution is 0.571. The van der Waals surface area contributed by atoms with Gasteiger partial charge in [0.15, 0.2) is 0 Å². The van der Waals surface area contributed by atoms with Gasteiger partial charge >= 0.3 is 0 Å². The zero-order chi connectivity index (χ0) is 17.6. The molecule has 0 amide bonds. The highest BCUT2D eigenvalue weighted by atomic mass is 35.5. The van der Waals surface area contributed by atoms with Gasteiger partial charge in [-0.15, -0.1) is 0 Å². The van der Waals surface area contributed by atoms with Crippen molar-refractivity contribution in [1.82, 2.24) is 14.6 Å². The minimum absolute atomic E-state index is 0.181. The van der Waals surface area contributed by atoms with Crippen LogP contribution in [-0.4, -0.2) is 14.6 Å². The Hall–Kier alpha value is -2.77. The van der Waals surface area contributed by atoms with Crippen LogP contribution in [0.2, 0.25) is 5.02 Å². The Labute approximate surface area is 149 Å². The van der Waals surface area contributed by atoms with E-state index in [9.17, 15) is 9.59 Å². The van der Waals surface area contributed by atoms with E-state index in [1.165, 1.54) is 6.92 Å². The molecular formula is C17H10ClN3O3S. The van der Waals surface area contributed by atoms with Crippen molar-refractivity contribution in [3.63, 3.8) is 0 Å². The molecule has 0 bridgehead atoms. The maximum Gasteiger partial charge on any atom is 0.295 e. The molecule has 0 unspecified atom stereocenters. The summed E-state index contributed by atoms with van der Waals surface area (Å²) in [7, 11) is 0. The molecule has 1 aromatic carbocycles. The molecule has 3 heterocycles. The van der Waals surface area contributed by atoms with Crippen molar-refractivity contribution >= 4 is 34.0 Å². The van der Waals surface area contributed by atoms with Crippen molar-refractivity contribution in [3.05, 3.63) is 78.1 Å². The molecular weight excluding hydrogens is 362 g/mol. The molecule has 8 heteroatoms. The number of nitrogens with zero attached hydrogens (tertiary/aromatic N) is 3. The average molecular weight is 372 g/mol. The van der Waals surface area contributed by atoms with Crippen LogP contribution in [0.3, 0.4) is 0 Å². The Morgan fingerprint density at radius 3 is 2.88 bits per heavy atom. The van der Waals surface area contributed by atoms with E-state index in [2.05, 4.69) is 10.1 Å². The first-order valence-corrected chi connectivity index (χ1v) is 8.49. The second-order valence-electron chi connectivity index (χ2n) is 5.32. The van der Waals surface area contributed by atoms with Crippen molar-refractivity contribution in [2.24, 2.45) is 0 Å². The molecule has 0 fully saturated rings. The summed E-state index contributed by atoms with van der Waals surface area (Å²) in [6.45, 7) is 1.52. The zero-order valence-corrected chi connectivity index (χ0v) is 14.5. The van der Waals surface area contributed by atoms with Gasteiger partial charge in [-0.3, -0.25) is 9.59 Å². The minimum atomic E-state index is -0.436. The van der Waals surface area contributed by atoms with E-state index in [-0.39, 0.29) is 16.2 Å². The third kappa shape index (κ3) is 2.88. The third-order valence-electron chi connectivity index (χ3n) is 3.55. The van der Waals surface area contributed by atoms with E-state index >= 15 is 0 Å². The number of furan rings is 1. The number of benzene rings is 1. The standard InChI is InChI=1S/C17H10ClN3O3S/c1-9-15(22)19-17-21(20-9)16(23)14(25-17)8-12-5-6-13(24-12)10-3-2-4-11(18)7-10/h2-8H,1H3. The summed E-state index contributed by atoms with van der Waals surface area (Å²) in [5.41, 5.74) is 0.251. The molecule has 0 aliphatic heterocycles. The topological polar surface area (TPSA) is 77.5 Å². The quantitative estimate of drug-likeness (QED) is 0.540. The molecule has 0 atom stereocenters. The number of halogens is 1. The van der Waals surface area contributed by atoms with Crippen LogP contribution in [0.1, 0.15) is 11.5 Å². The second-order valence-corrected chi connectivity index (χ2v) is 6.77. The molecule has 3 aromatic heterocycles. The summed E-state index contributed by atoms with van der Waals surface area (Å²) in [6, 6.07) is 10.9. The summed E-state index contributed by atoms with van der Waals surface area (Å²) in [6.07, 6.45) is 1.61. The van der Waals surface area contributed by atoms with Crippen LogP contribution in [-0.2, 0) is 0 Å². The Balaban J connectivity index is 1.82. The van der Waals surface area contributed by atoms with Crippen LogP contribution in [0.15, 0.2) is 50.4 Å². The van der Waals surface area contributed by atoms with Crippen LogP contribution < -0.4 is 15.7 Å². The predicted molar refractivity (Wildman–Crippen MR) is 96.1 cm³/mol. The molecule has 4 aromatic rings. The SMILES string of the molecule is Cc1nn2c(=O)c(=Cc3ccc(-c4cccc(Cl)c4)o3)sc2nc1=O. The van der Waals surface area contributed by atoms with Gasteiger partial charge in [0.2, 0.25) is 4.96 Å². The Bertz CT molecular complexity index is 1270. The fourth-order valence-corrected chi connectivity index (χ4v) is 3.42. The van der Waals surface area contributed by atoms with Gasteiger partial charge in [-0.2, -0.15) is 14.6 Å². The van der Waals surface area contributed by atoms with Gasteiger partial charge in [-0.1, -0.05) is 35.1 Å². The van der Waals surface area contributed by atoms with E-state index in [4.69, 9.17) is 16.0 Å². The summed E-state index contributed by atoms with van der Waals surface area (Å²) >= 11 is 7.08. The number of hydrogen-bond acceptors (Lipinski definition) is 6. The Morgan fingerprint density at radius 2 is 2.08 bits per heavy atom. The average Bonchev–Trinajstić information content (AvgIpc) is 3.15. The van der Waals surface area contributed by atoms with Gasteiger partial charge in [0, 0.05) is 16.7 Å². The zero-order valence-electron chi connectivity index (χ0n) is 12.9. The summed E-state index contributed by atoms with van der Waals surface area (Å²) < 4.78 is 7.29. The number of aryl methyl sites for hydroxylation is 1. The molecule has 0 saturated carbocycles. The molecule has 0 aliphatic carbocycles. The normalized spacial score (nSPS) is 12.2. The highest BCUT2D eigenvalue weighted by Crippen LogP contribution is 2.25. The lowest BCUT2D eigenvalue weighted by atomic mass is 10.2. The maximum absolute atomic E-state index is 12.4. The van der Waals surface area contributed by atoms with Crippen LogP contribution >= 0.6 is 22.9 Å². The van der Waals surface area contributed by atoms with Crippen molar-refractivity contribution in [2.75, 3.05) is 0 Å². The first-order chi connectivity index (χ1) is 12.0. The molecule has 0 N–H and O–H groups in total. The fourth-order valence-electron chi connectivity index (χ4n) is 2.34. The first kappa shape index (κ1) is 15.7. The Morgan fingerprint density at radius 1 is 1.24 bits per heavy atom. The van der Waals surface area contributed by atoms with Gasteiger partial charge in [0.25, 0.3) is 11.1 Å². The van der Waals surface area contributed by atoms with E-state index in [0.29, 0.717) is 21.1 Å². The maximum atomic E-state index is 12.4. The summed E-state index contributed by atoms with van der Waals surface area (Å²) in [4.78, 5) is 28.1. The highest BCUT2D eigenvalue weighted by molar-refractivity contribution is 7.15. The summed E-state index contributed by atoms with van der Waals surface area (Å²) in [5, 5.41) is 4.59. The monoisotopic (exact) mass is 371 g/mol. The van der Waals surface area contributed by atoms with Crippen molar-refractivity contribution in [2.45, 2.75) is 6.92 Å². The first-order valence-electron chi connectivity index (χ1n) is 7.29. The lowest BCUT2D eigenvalue weighted by Gasteiger charge is -1.96. The fraction of sp³-hybridized carbons (Fsp3) is 0.0588. The molecule has 0 spiro atoms. The molecule has 6 nitrogen and oxygen atoms in total. The van der Waals surface area contributed by atoms with Crippen LogP contribution in [0.5, 0.6) is 0 Å². The third-order valence-corrected chi connectivity index (χ3v) is 4.75. The lowest BCUT2D eigenvalue weighted by Crippen LogP contribution is -2.27. The number of fused-ring (bicyclic) bond motifs is 1. The molecule has 0 radical (unpaired) electrons. The number of aromatic nitrogens is 3. The van der Waals surface area contributed by atoms with E-state index < -0.39 is 5.56 Å². The van der Waals surface area contributed by atoms with E-state index in [1.807, 2.05) is 12.1 Å². The van der Waals surface area contributed by atoms with Crippen molar-refractivity contribution < 1.29 is 4.42 Å². The van der Waals surface area contributed by atoms with E-state index in [0.717, 1.165) is 21.4 Å². The van der Waals surface area contributed by atoms with Crippen molar-refractivity contribution in [3.8, 4) is 11.3 Å². The molecule has 0 aliphatic rings. The second kappa shape index (κ2) is 5.94. The van der Waals surface area contributed by atoms with Crippen LogP contribution in [0.4, 0.5) is 0 Å². The van der Waals surface area contributed by atoms with Gasteiger partial charge in [-0.25, -0.2) is 0 Å². The number of thiazole rings is 1. The smallest absolute Gasteiger partial charge is 0.295 e. The van der Waals surface area contributed by atoms with Gasteiger partial charge < -0.3 is 4.42 Å². The highest BCUT2D eigenvalue weighted by Gasteiger charge is 2.09. The molecule has 0 saturated heterocycles. The largest absolute Gasteiger partial charge is 0.457 e. The van der Waals surface area contributed by atoms with Crippen molar-refractivity contribution in [1.29, 1.82) is 0 Å². The molecule has 4 rings (SSSR count). The van der Waals surface area contributed by atoms with Crippen LogP contribution in [0, 0.1) is 6.92 Å². The van der Waals surface area contributed by atoms with Gasteiger partial charge in [0.05, 0.1) is 0 Å². The minimum Gasteiger partial charge on any atom is -0.457 e. The van der Waals surface area contributed by atoms with Crippen LogP contribution in [0.25, 0.3) is 22.4 Å². The Kier molecular flexibility index (Phi) is 3.74. The van der Waals surface area contributed by atoms with Gasteiger partial charge in [0.1, 0.15) is 21.7 Å².